The molecule has 1 amide bonds. The second-order valence-electron chi connectivity index (χ2n) is 5.34. The Kier molecular flexibility index (Phi) is 6.51. The highest BCUT2D eigenvalue weighted by Gasteiger charge is 2.13. The van der Waals surface area contributed by atoms with E-state index in [1.165, 1.54) is 19.2 Å². The lowest BCUT2D eigenvalue weighted by Crippen LogP contribution is -2.34. The number of hydrogen-bond acceptors (Lipinski definition) is 4. The molecule has 2 rings (SSSR count). The zero-order valence-corrected chi connectivity index (χ0v) is 14.2. The molecule has 0 aromatic heterocycles. The summed E-state index contributed by atoms with van der Waals surface area (Å²) in [6.45, 7) is 2.51. The predicted molar refractivity (Wildman–Crippen MR) is 90.8 cm³/mol. The topological polar surface area (TPSA) is 55.8 Å². The van der Waals surface area contributed by atoms with E-state index in [-0.39, 0.29) is 18.3 Å². The van der Waals surface area contributed by atoms with Crippen LogP contribution in [-0.4, -0.2) is 37.0 Å². The van der Waals surface area contributed by atoms with Gasteiger partial charge in [-0.2, -0.15) is 0 Å². The van der Waals surface area contributed by atoms with Gasteiger partial charge in [0.1, 0.15) is 11.6 Å². The van der Waals surface area contributed by atoms with Gasteiger partial charge in [-0.05, 0) is 48.9 Å². The Morgan fingerprint density at radius 3 is 2.44 bits per heavy atom. The van der Waals surface area contributed by atoms with E-state index in [0.717, 1.165) is 5.56 Å². The summed E-state index contributed by atoms with van der Waals surface area (Å²) in [5.41, 5.74) is 1.13. The number of rotatable bonds is 7. The molecule has 0 N–H and O–H groups in total. The highest BCUT2D eigenvalue weighted by molar-refractivity contribution is 5.89. The van der Waals surface area contributed by atoms with Gasteiger partial charge < -0.3 is 14.4 Å². The molecule has 0 saturated carbocycles. The molecule has 25 heavy (non-hydrogen) atoms. The Morgan fingerprint density at radius 1 is 1.12 bits per heavy atom. The number of amides is 1. The number of nitrogens with zero attached hydrogens (tertiary/aromatic N) is 1. The SMILES string of the molecule is CCN(Cc1cccc(F)c1)C(=O)COc1ccc(C(=O)OC)cc1. The third-order valence-corrected chi connectivity index (χ3v) is 3.63. The Morgan fingerprint density at radius 2 is 1.84 bits per heavy atom. The van der Waals surface area contributed by atoms with Crippen LogP contribution in [0.2, 0.25) is 0 Å². The Bertz CT molecular complexity index is 730. The molecule has 2 aromatic carbocycles. The first-order valence-electron chi connectivity index (χ1n) is 7.87. The molecule has 0 bridgehead atoms. The minimum Gasteiger partial charge on any atom is -0.484 e. The van der Waals surface area contributed by atoms with E-state index in [1.54, 1.807) is 41.3 Å². The van der Waals surface area contributed by atoms with Gasteiger partial charge in [-0.25, -0.2) is 9.18 Å². The molecule has 0 fully saturated rings. The summed E-state index contributed by atoms with van der Waals surface area (Å²) in [6, 6.07) is 12.5. The molecule has 132 valence electrons. The Balaban J connectivity index is 1.92. The predicted octanol–water partition coefficient (Wildman–Crippen LogP) is 3.04. The highest BCUT2D eigenvalue weighted by Crippen LogP contribution is 2.13. The van der Waals surface area contributed by atoms with Gasteiger partial charge in [-0.1, -0.05) is 12.1 Å². The van der Waals surface area contributed by atoms with E-state index >= 15 is 0 Å². The van der Waals surface area contributed by atoms with Crippen LogP contribution in [0.4, 0.5) is 4.39 Å². The molecular weight excluding hydrogens is 325 g/mol. The van der Waals surface area contributed by atoms with Crippen molar-refractivity contribution in [3.63, 3.8) is 0 Å². The molecule has 0 unspecified atom stereocenters. The summed E-state index contributed by atoms with van der Waals surface area (Å²) in [7, 11) is 1.31. The smallest absolute Gasteiger partial charge is 0.337 e. The van der Waals surface area contributed by atoms with Crippen molar-refractivity contribution in [2.75, 3.05) is 20.3 Å². The van der Waals surface area contributed by atoms with Crippen molar-refractivity contribution in [2.45, 2.75) is 13.5 Å². The maximum absolute atomic E-state index is 13.2. The fraction of sp³-hybridized carbons (Fsp3) is 0.263. The van der Waals surface area contributed by atoms with Gasteiger partial charge in [0.2, 0.25) is 0 Å². The van der Waals surface area contributed by atoms with Crippen molar-refractivity contribution in [1.29, 1.82) is 0 Å². The Hall–Kier alpha value is -2.89. The molecule has 6 heteroatoms. The van der Waals surface area contributed by atoms with Crippen LogP contribution in [-0.2, 0) is 16.1 Å². The van der Waals surface area contributed by atoms with Gasteiger partial charge in [0, 0.05) is 13.1 Å². The molecule has 5 nitrogen and oxygen atoms in total. The van der Waals surface area contributed by atoms with Crippen LogP contribution in [0.3, 0.4) is 0 Å². The lowest BCUT2D eigenvalue weighted by atomic mass is 10.2. The number of carbonyl (C=O) groups is 2. The van der Waals surface area contributed by atoms with Gasteiger partial charge in [0.05, 0.1) is 12.7 Å². The largest absolute Gasteiger partial charge is 0.484 e. The third kappa shape index (κ3) is 5.31. The molecule has 0 spiro atoms. The normalized spacial score (nSPS) is 10.2. The minimum atomic E-state index is -0.435. The van der Waals surface area contributed by atoms with Crippen LogP contribution in [0, 0.1) is 5.82 Å². The Labute approximate surface area is 146 Å². The molecule has 0 saturated heterocycles. The summed E-state index contributed by atoms with van der Waals surface area (Å²) in [6.07, 6.45) is 0. The van der Waals surface area contributed by atoms with E-state index in [1.807, 2.05) is 6.92 Å². The lowest BCUT2D eigenvalue weighted by molar-refractivity contribution is -0.133. The number of carbonyl (C=O) groups excluding carboxylic acids is 2. The second kappa shape index (κ2) is 8.82. The third-order valence-electron chi connectivity index (χ3n) is 3.63. The maximum Gasteiger partial charge on any atom is 0.337 e. The quantitative estimate of drug-likeness (QED) is 0.724. The monoisotopic (exact) mass is 345 g/mol. The maximum atomic E-state index is 13.2. The van der Waals surface area contributed by atoms with Crippen LogP contribution < -0.4 is 4.74 Å². The van der Waals surface area contributed by atoms with Gasteiger partial charge in [0.25, 0.3) is 5.91 Å². The summed E-state index contributed by atoms with van der Waals surface area (Å²) in [4.78, 5) is 25.2. The lowest BCUT2D eigenvalue weighted by Gasteiger charge is -2.21. The molecule has 0 aliphatic rings. The minimum absolute atomic E-state index is 0.138. The fourth-order valence-corrected chi connectivity index (χ4v) is 2.27. The fourth-order valence-electron chi connectivity index (χ4n) is 2.27. The standard InChI is InChI=1S/C19H20FNO4/c1-3-21(12-14-5-4-6-16(20)11-14)18(22)13-25-17-9-7-15(8-10-17)19(23)24-2/h4-11H,3,12-13H2,1-2H3. The summed E-state index contributed by atoms with van der Waals surface area (Å²) in [5.74, 6) is -0.496. The zero-order chi connectivity index (χ0) is 18.2. The summed E-state index contributed by atoms with van der Waals surface area (Å²) in [5, 5.41) is 0. The second-order valence-corrected chi connectivity index (χ2v) is 5.34. The molecule has 0 atom stereocenters. The van der Waals surface area contributed by atoms with Crippen LogP contribution in [0.25, 0.3) is 0 Å². The van der Waals surface area contributed by atoms with E-state index < -0.39 is 5.97 Å². The first-order valence-corrected chi connectivity index (χ1v) is 7.87. The first-order chi connectivity index (χ1) is 12.0. The molecule has 0 heterocycles. The van der Waals surface area contributed by atoms with Crippen LogP contribution >= 0.6 is 0 Å². The van der Waals surface area contributed by atoms with Crippen molar-refractivity contribution < 1.29 is 23.5 Å². The average molecular weight is 345 g/mol. The van der Waals surface area contributed by atoms with Gasteiger partial charge in [0.15, 0.2) is 6.61 Å². The number of halogens is 1. The van der Waals surface area contributed by atoms with Gasteiger partial charge in [-0.15, -0.1) is 0 Å². The van der Waals surface area contributed by atoms with Crippen molar-refractivity contribution >= 4 is 11.9 Å². The number of likely N-dealkylation sites (N-methyl/N-ethyl adjacent to an activating group) is 1. The van der Waals surface area contributed by atoms with Gasteiger partial charge in [-0.3, -0.25) is 4.79 Å². The molecule has 0 aliphatic heterocycles. The molecule has 0 radical (unpaired) electrons. The molecular formula is C19H20FNO4. The first kappa shape index (κ1) is 18.4. The number of ether oxygens (including phenoxy) is 2. The van der Waals surface area contributed by atoms with E-state index in [9.17, 15) is 14.0 Å². The molecule has 0 aliphatic carbocycles. The number of benzene rings is 2. The van der Waals surface area contributed by atoms with Crippen LogP contribution in [0.1, 0.15) is 22.8 Å². The highest BCUT2D eigenvalue weighted by atomic mass is 19.1. The van der Waals surface area contributed by atoms with E-state index in [0.29, 0.717) is 24.4 Å². The van der Waals surface area contributed by atoms with Crippen molar-refractivity contribution in [1.82, 2.24) is 4.90 Å². The van der Waals surface area contributed by atoms with Crippen molar-refractivity contribution in [3.8, 4) is 5.75 Å². The van der Waals surface area contributed by atoms with E-state index in [2.05, 4.69) is 4.74 Å². The van der Waals surface area contributed by atoms with Crippen molar-refractivity contribution in [2.24, 2.45) is 0 Å². The number of hydrogen-bond donors (Lipinski definition) is 0. The number of esters is 1. The van der Waals surface area contributed by atoms with Gasteiger partial charge >= 0.3 is 5.97 Å². The zero-order valence-electron chi connectivity index (χ0n) is 14.2. The van der Waals surface area contributed by atoms with E-state index in [4.69, 9.17) is 4.74 Å². The average Bonchev–Trinajstić information content (AvgIpc) is 2.64. The number of methoxy groups -OCH3 is 1. The summed E-state index contributed by atoms with van der Waals surface area (Å²) >= 11 is 0. The van der Waals surface area contributed by atoms with Crippen molar-refractivity contribution in [3.05, 3.63) is 65.5 Å². The molecule has 2 aromatic rings. The van der Waals surface area contributed by atoms with Crippen LogP contribution in [0.5, 0.6) is 5.75 Å². The van der Waals surface area contributed by atoms with Crippen LogP contribution in [0.15, 0.2) is 48.5 Å². The summed E-state index contributed by atoms with van der Waals surface area (Å²) < 4.78 is 23.3.